The van der Waals surface area contributed by atoms with E-state index in [1.165, 1.54) is 125 Å². The minimum Gasteiger partial charge on any atom is -0.463 e. The second-order valence-corrected chi connectivity index (χ2v) is 15.3. The number of hydrogen-bond acceptors (Lipinski definition) is 2. The van der Waals surface area contributed by atoms with Crippen LogP contribution >= 0.6 is 15.9 Å². The molecule has 1 unspecified atom stereocenters. The Bertz CT molecular complexity index is 1450. The fraction of sp³-hybridized carbons (Fsp3) is 0.500. The van der Waals surface area contributed by atoms with Crippen LogP contribution in [0.15, 0.2) is 77.3 Å². The number of ether oxygens (including phenoxy) is 1. The molecular weight excluding hydrogens is 638 g/mol. The molecule has 3 aromatic carbocycles. The Morgan fingerprint density at radius 2 is 1.21 bits per heavy atom. The molecule has 5 rings (SSSR count). The van der Waals surface area contributed by atoms with Crippen LogP contribution in [0.3, 0.4) is 0 Å². The van der Waals surface area contributed by atoms with Crippen molar-refractivity contribution < 1.29 is 4.74 Å². The molecule has 0 saturated heterocycles. The zero-order valence-corrected chi connectivity index (χ0v) is 31.0. The normalized spacial score (nSPS) is 17.7. The Hall–Kier alpha value is -2.78. The van der Waals surface area contributed by atoms with Crippen molar-refractivity contribution in [3.8, 4) is 5.75 Å². The molecule has 0 saturated carbocycles. The van der Waals surface area contributed by atoms with Crippen molar-refractivity contribution in [1.82, 2.24) is 0 Å². The topological polar surface area (TPSA) is 12.5 Å². The van der Waals surface area contributed by atoms with Crippen LogP contribution in [0.5, 0.6) is 5.75 Å². The quantitative estimate of drug-likeness (QED) is 0.0914. The highest BCUT2D eigenvalue weighted by atomic mass is 79.9. The molecule has 0 aliphatic carbocycles. The van der Waals surface area contributed by atoms with E-state index in [4.69, 9.17) is 4.74 Å². The third-order valence-electron chi connectivity index (χ3n) is 10.5. The highest BCUT2D eigenvalue weighted by Crippen LogP contribution is 2.55. The smallest absolute Gasteiger partial charge is 0.212 e. The Morgan fingerprint density at radius 3 is 1.85 bits per heavy atom. The minimum atomic E-state index is -0.534. The predicted octanol–water partition coefficient (Wildman–Crippen LogP) is 13.8. The molecule has 1 atom stereocenters. The molecule has 0 amide bonds. The standard InChI is InChI=1S/C44H58BrNO/c1-4-5-6-7-8-9-10-11-12-13-14-15-16-17-18-21-34-46-41-23-20-19-22-40(41)43(2,3)44(46)33-32-38-35-37(28-31-42(38)47-44)25-24-36-26-29-39(45)30-27-36/h19-20,22-33,35H,4-18,21,34H2,1-3H3/b25-24+. The van der Waals surface area contributed by atoms with E-state index in [-0.39, 0.29) is 5.41 Å². The number of fused-ring (bicyclic) bond motifs is 2. The fourth-order valence-corrected chi connectivity index (χ4v) is 7.86. The molecule has 2 heterocycles. The Balaban J connectivity index is 1.11. The average molecular weight is 697 g/mol. The second-order valence-electron chi connectivity index (χ2n) is 14.4. The maximum atomic E-state index is 7.11. The molecule has 2 aliphatic heterocycles. The van der Waals surface area contributed by atoms with E-state index in [2.05, 4.69) is 133 Å². The van der Waals surface area contributed by atoms with Crippen LogP contribution in [0.4, 0.5) is 5.69 Å². The van der Waals surface area contributed by atoms with E-state index in [9.17, 15) is 0 Å². The minimum absolute atomic E-state index is 0.188. The van der Waals surface area contributed by atoms with Gasteiger partial charge in [0.15, 0.2) is 0 Å². The SMILES string of the molecule is CCCCCCCCCCCCCCCCCCN1c2ccccc2C(C)(C)C12C=Cc1cc(/C=C/c3ccc(Br)cc3)ccc1O2. The first-order valence-electron chi connectivity index (χ1n) is 18.8. The third kappa shape index (κ3) is 9.02. The first kappa shape index (κ1) is 35.5. The number of para-hydroxylation sites is 1. The molecule has 3 aromatic rings. The lowest BCUT2D eigenvalue weighted by atomic mass is 9.76. The van der Waals surface area contributed by atoms with Gasteiger partial charge < -0.3 is 9.64 Å². The van der Waals surface area contributed by atoms with E-state index in [1.807, 2.05) is 0 Å². The molecule has 0 N–H and O–H groups in total. The number of benzene rings is 3. The second kappa shape index (κ2) is 17.6. The molecule has 2 aliphatic rings. The Morgan fingerprint density at radius 1 is 0.660 bits per heavy atom. The van der Waals surface area contributed by atoms with Crippen molar-refractivity contribution in [3.63, 3.8) is 0 Å². The van der Waals surface area contributed by atoms with E-state index >= 15 is 0 Å². The van der Waals surface area contributed by atoms with Crippen LogP contribution in [0.25, 0.3) is 18.2 Å². The summed E-state index contributed by atoms with van der Waals surface area (Å²) in [5, 5.41) is 0. The number of halogens is 1. The monoisotopic (exact) mass is 695 g/mol. The van der Waals surface area contributed by atoms with Crippen molar-refractivity contribution in [1.29, 1.82) is 0 Å². The number of hydrogen-bond donors (Lipinski definition) is 0. The summed E-state index contributed by atoms with van der Waals surface area (Å²) in [6.07, 6.45) is 31.2. The van der Waals surface area contributed by atoms with Crippen LogP contribution < -0.4 is 9.64 Å². The summed E-state index contributed by atoms with van der Waals surface area (Å²) < 4.78 is 8.21. The van der Waals surface area contributed by atoms with Gasteiger partial charge in [-0.15, -0.1) is 0 Å². The molecule has 252 valence electrons. The lowest BCUT2D eigenvalue weighted by molar-refractivity contribution is 0.0531. The highest BCUT2D eigenvalue weighted by Gasteiger charge is 2.58. The number of unbranched alkanes of at least 4 members (excludes halogenated alkanes) is 15. The van der Waals surface area contributed by atoms with Gasteiger partial charge in [-0.3, -0.25) is 0 Å². The van der Waals surface area contributed by atoms with Gasteiger partial charge in [0.05, 0.1) is 5.41 Å². The summed E-state index contributed by atoms with van der Waals surface area (Å²) in [7, 11) is 0. The lowest BCUT2D eigenvalue weighted by Gasteiger charge is -2.47. The first-order valence-corrected chi connectivity index (χ1v) is 19.6. The van der Waals surface area contributed by atoms with Crippen molar-refractivity contribution in [2.24, 2.45) is 0 Å². The van der Waals surface area contributed by atoms with Gasteiger partial charge in [-0.2, -0.15) is 0 Å². The van der Waals surface area contributed by atoms with Crippen LogP contribution in [0.2, 0.25) is 0 Å². The molecule has 1 spiro atoms. The molecule has 3 heteroatoms. The van der Waals surface area contributed by atoms with Gasteiger partial charge in [-0.05, 0) is 79.4 Å². The van der Waals surface area contributed by atoms with Crippen molar-refractivity contribution >= 4 is 39.8 Å². The van der Waals surface area contributed by atoms with Crippen molar-refractivity contribution in [2.45, 2.75) is 135 Å². The Labute approximate surface area is 294 Å². The maximum Gasteiger partial charge on any atom is 0.212 e. The van der Waals surface area contributed by atoms with Crippen molar-refractivity contribution in [2.75, 3.05) is 11.4 Å². The molecule has 0 bridgehead atoms. The average Bonchev–Trinajstić information content (AvgIpc) is 3.26. The van der Waals surface area contributed by atoms with Gasteiger partial charge >= 0.3 is 0 Å². The predicted molar refractivity (Wildman–Crippen MR) is 208 cm³/mol. The first-order chi connectivity index (χ1) is 22.9. The van der Waals surface area contributed by atoms with Gasteiger partial charge in [-0.1, -0.05) is 168 Å². The van der Waals surface area contributed by atoms with Crippen LogP contribution in [-0.4, -0.2) is 12.3 Å². The van der Waals surface area contributed by atoms with Gasteiger partial charge in [-0.25, -0.2) is 0 Å². The summed E-state index contributed by atoms with van der Waals surface area (Å²) in [6.45, 7) is 8.01. The largest absolute Gasteiger partial charge is 0.463 e. The molecular formula is C44H58BrNO. The van der Waals surface area contributed by atoms with E-state index in [0.717, 1.165) is 22.3 Å². The van der Waals surface area contributed by atoms with Gasteiger partial charge in [0.25, 0.3) is 0 Å². The van der Waals surface area contributed by atoms with Gasteiger partial charge in [0.2, 0.25) is 5.72 Å². The number of rotatable bonds is 19. The van der Waals surface area contributed by atoms with E-state index in [0.29, 0.717) is 0 Å². The zero-order chi connectivity index (χ0) is 33.0. The van der Waals surface area contributed by atoms with E-state index in [1.54, 1.807) is 0 Å². The molecule has 2 nitrogen and oxygen atoms in total. The number of nitrogens with zero attached hydrogens (tertiary/aromatic N) is 1. The highest BCUT2D eigenvalue weighted by molar-refractivity contribution is 9.10. The molecule has 0 radical (unpaired) electrons. The van der Waals surface area contributed by atoms with Crippen LogP contribution in [0.1, 0.15) is 146 Å². The van der Waals surface area contributed by atoms with E-state index < -0.39 is 5.72 Å². The van der Waals surface area contributed by atoms with Crippen LogP contribution in [0, 0.1) is 0 Å². The summed E-state index contributed by atoms with van der Waals surface area (Å²) in [5.74, 6) is 0.964. The third-order valence-corrected chi connectivity index (χ3v) is 11.1. The molecule has 0 aromatic heterocycles. The van der Waals surface area contributed by atoms with Crippen LogP contribution in [-0.2, 0) is 5.41 Å². The van der Waals surface area contributed by atoms with Gasteiger partial charge in [0, 0.05) is 22.3 Å². The Kier molecular flexibility index (Phi) is 13.3. The number of anilines is 1. The summed E-state index contributed by atoms with van der Waals surface area (Å²) >= 11 is 3.52. The molecule has 47 heavy (non-hydrogen) atoms. The van der Waals surface area contributed by atoms with Gasteiger partial charge in [0.1, 0.15) is 5.75 Å². The summed E-state index contributed by atoms with van der Waals surface area (Å²) in [4.78, 5) is 2.56. The van der Waals surface area contributed by atoms with Crippen molar-refractivity contribution in [3.05, 3.63) is 99.5 Å². The zero-order valence-electron chi connectivity index (χ0n) is 29.4. The molecule has 0 fully saturated rings. The summed E-state index contributed by atoms with van der Waals surface area (Å²) in [5.41, 5.74) is 5.48. The maximum absolute atomic E-state index is 7.11. The lowest BCUT2D eigenvalue weighted by Crippen LogP contribution is -2.59. The fourth-order valence-electron chi connectivity index (χ4n) is 7.60. The summed E-state index contributed by atoms with van der Waals surface area (Å²) in [6, 6.07) is 23.9.